The number of hydrogen-bond acceptors (Lipinski definition) is 10. The topological polar surface area (TPSA) is 149 Å². The van der Waals surface area contributed by atoms with Gasteiger partial charge in [0, 0.05) is 73.2 Å². The van der Waals surface area contributed by atoms with Crippen LogP contribution >= 0.6 is 0 Å². The van der Waals surface area contributed by atoms with E-state index in [-0.39, 0.29) is 0 Å². The normalized spacial score (nSPS) is 11.4. The number of hydrogen-bond donors (Lipinski definition) is 0. The van der Waals surface area contributed by atoms with Gasteiger partial charge >= 0.3 is 0 Å². The number of aryl methyl sites for hydroxylation is 4. The first-order valence-corrected chi connectivity index (χ1v) is 22.4. The van der Waals surface area contributed by atoms with E-state index >= 15 is 0 Å². The fourth-order valence-corrected chi connectivity index (χ4v) is 8.08. The molecular weight excluding hydrogens is 797 g/mol. The second-order valence-electron chi connectivity index (χ2n) is 16.2. The Morgan fingerprint density at radius 1 is 0.312 bits per heavy atom. The van der Waals surface area contributed by atoms with Gasteiger partial charge in [-0.15, -0.1) is 20.4 Å². The quantitative estimate of drug-likeness (QED) is 0.0603. The summed E-state index contributed by atoms with van der Waals surface area (Å²) in [4.78, 5) is 8.36. The Labute approximate surface area is 373 Å². The van der Waals surface area contributed by atoms with Gasteiger partial charge in [0.2, 0.25) is 0 Å². The van der Waals surface area contributed by atoms with Gasteiger partial charge < -0.3 is 0 Å². The molecule has 0 aliphatic heterocycles. The van der Waals surface area contributed by atoms with Crippen molar-refractivity contribution >= 4 is 0 Å². The van der Waals surface area contributed by atoms with Gasteiger partial charge in [0.1, 0.15) is 22.8 Å². The molecule has 0 bridgehead atoms. The minimum atomic E-state index is 0.818. The van der Waals surface area contributed by atoms with Gasteiger partial charge in [0.25, 0.3) is 0 Å². The van der Waals surface area contributed by atoms with Gasteiger partial charge in [0.05, 0.1) is 24.8 Å². The Balaban J connectivity index is 0.769. The average Bonchev–Trinajstić information content (AvgIpc) is 4.21. The second kappa shape index (κ2) is 21.1. The monoisotopic (exact) mass is 848 g/mol. The van der Waals surface area contributed by atoms with Crippen molar-refractivity contribution in [3.05, 3.63) is 147 Å². The Morgan fingerprint density at radius 3 is 1.20 bits per heavy atom. The zero-order chi connectivity index (χ0) is 43.2. The molecule has 14 heteroatoms. The summed E-state index contributed by atoms with van der Waals surface area (Å²) in [6.07, 6.45) is 26.4. The minimum absolute atomic E-state index is 0.818. The lowest BCUT2D eigenvalue weighted by Gasteiger charge is -2.13. The Morgan fingerprint density at radius 2 is 0.719 bits per heavy atom. The number of aromatic nitrogens is 14. The molecule has 0 saturated carbocycles. The summed E-state index contributed by atoms with van der Waals surface area (Å²) in [5.74, 6) is 0. The third kappa shape index (κ3) is 10.8. The van der Waals surface area contributed by atoms with E-state index in [0.29, 0.717) is 0 Å². The number of unbranched alkanes of at least 4 members (excludes halogenated alkanes) is 8. The summed E-state index contributed by atoms with van der Waals surface area (Å²) in [5, 5.41) is 35.6. The first kappa shape index (κ1) is 41.9. The lowest BCUT2D eigenvalue weighted by Crippen LogP contribution is -2.01. The van der Waals surface area contributed by atoms with Crippen molar-refractivity contribution in [2.45, 2.75) is 90.4 Å². The second-order valence-corrected chi connectivity index (χ2v) is 16.2. The van der Waals surface area contributed by atoms with Gasteiger partial charge in [-0.25, -0.2) is 0 Å². The summed E-state index contributed by atoms with van der Waals surface area (Å²) < 4.78 is 7.80. The van der Waals surface area contributed by atoms with Crippen molar-refractivity contribution in [2.75, 3.05) is 0 Å². The van der Waals surface area contributed by atoms with E-state index in [1.54, 1.807) is 12.4 Å². The molecule has 0 aliphatic carbocycles. The van der Waals surface area contributed by atoms with E-state index < -0.39 is 0 Å². The maximum absolute atomic E-state index is 4.66. The first-order chi connectivity index (χ1) is 31.7. The van der Waals surface area contributed by atoms with Gasteiger partial charge in [-0.05, 0) is 78.3 Å². The van der Waals surface area contributed by atoms with E-state index in [4.69, 9.17) is 0 Å². The van der Waals surface area contributed by atoms with Crippen LogP contribution in [-0.4, -0.2) is 69.9 Å². The van der Waals surface area contributed by atoms with Crippen LogP contribution in [-0.2, 0) is 26.2 Å². The molecule has 322 valence electrons. The molecule has 3 aromatic carbocycles. The summed E-state index contributed by atoms with van der Waals surface area (Å²) in [6.45, 7) is 3.38. The molecule has 0 aliphatic rings. The van der Waals surface area contributed by atoms with Crippen molar-refractivity contribution in [1.82, 2.24) is 69.9 Å². The lowest BCUT2D eigenvalue weighted by atomic mass is 9.91. The van der Waals surface area contributed by atoms with Crippen LogP contribution in [0.2, 0.25) is 0 Å². The summed E-state index contributed by atoms with van der Waals surface area (Å²) in [5.41, 5.74) is 12.0. The van der Waals surface area contributed by atoms with E-state index in [9.17, 15) is 0 Å². The molecule has 0 atom stereocenters. The smallest absolute Gasteiger partial charge is 0.114 e. The summed E-state index contributed by atoms with van der Waals surface area (Å²) in [6, 6.07) is 33.5. The highest BCUT2D eigenvalue weighted by Gasteiger charge is 2.16. The first-order valence-electron chi connectivity index (χ1n) is 22.4. The molecule has 9 rings (SSSR count). The highest BCUT2D eigenvalue weighted by atomic mass is 15.4. The zero-order valence-corrected chi connectivity index (χ0v) is 36.0. The van der Waals surface area contributed by atoms with Gasteiger partial charge in [-0.1, -0.05) is 126 Å². The fourth-order valence-electron chi connectivity index (χ4n) is 8.08. The highest BCUT2D eigenvalue weighted by molar-refractivity contribution is 5.89. The largest absolute Gasteiger partial charge is 0.264 e. The number of benzene rings is 3. The van der Waals surface area contributed by atoms with Crippen LogP contribution in [0.4, 0.5) is 0 Å². The molecule has 0 saturated heterocycles. The Bertz CT molecular complexity index is 2810. The molecule has 14 nitrogen and oxygen atoms in total. The van der Waals surface area contributed by atoms with E-state index in [1.165, 1.54) is 19.3 Å². The SMILES string of the molecule is c1ccc(-c2cc(-c3ccccc3-c3cn(CCCCCCn4cc(-c5cccnc5)nn4)nn3)ccc2-c2cn(CCCCCCCCn3cc(-c4cccnc4)nn3)nn2)cc1. The van der Waals surface area contributed by atoms with Crippen LogP contribution in [0, 0.1) is 0 Å². The van der Waals surface area contributed by atoms with Crippen LogP contribution in [0.3, 0.4) is 0 Å². The van der Waals surface area contributed by atoms with E-state index in [2.05, 4.69) is 136 Å². The zero-order valence-electron chi connectivity index (χ0n) is 36.0. The van der Waals surface area contributed by atoms with Crippen LogP contribution in [0.25, 0.3) is 67.3 Å². The standard InChI is InChI=1S/C50H52N14/c1(3-12-28-61-35-47(53-57-61)41-20-16-26-51-33-41)2-4-13-30-64-38-50(56-60-64)45-25-24-40(32-46(45)39-18-8-7-9-19-39)43-22-10-11-23-44(43)49-37-63(59-55-49)31-15-6-5-14-29-62-36-48(54-58-62)42-21-17-27-52-34-42/h7-11,16-27,32-38H,1-6,12-15,28-31H2. The maximum Gasteiger partial charge on any atom is 0.114 e. The van der Waals surface area contributed by atoms with Crippen molar-refractivity contribution < 1.29 is 0 Å². The Hall–Kier alpha value is -7.48. The number of rotatable bonds is 22. The molecule has 0 N–H and O–H groups in total. The molecule has 0 radical (unpaired) electrons. The molecule has 0 spiro atoms. The van der Waals surface area contributed by atoms with Crippen LogP contribution < -0.4 is 0 Å². The number of nitrogens with zero attached hydrogens (tertiary/aromatic N) is 14. The number of pyridine rings is 2. The third-order valence-electron chi connectivity index (χ3n) is 11.5. The third-order valence-corrected chi connectivity index (χ3v) is 11.5. The predicted molar refractivity (Wildman–Crippen MR) is 248 cm³/mol. The molecule has 0 fully saturated rings. The van der Waals surface area contributed by atoms with Crippen LogP contribution in [0.15, 0.2) is 147 Å². The summed E-state index contributed by atoms with van der Waals surface area (Å²) in [7, 11) is 0. The van der Waals surface area contributed by atoms with Crippen LogP contribution in [0.1, 0.15) is 64.2 Å². The fraction of sp³-hybridized carbons (Fsp3) is 0.280. The highest BCUT2D eigenvalue weighted by Crippen LogP contribution is 2.38. The van der Waals surface area contributed by atoms with Crippen molar-refractivity contribution in [2.24, 2.45) is 0 Å². The van der Waals surface area contributed by atoms with Gasteiger partial charge in [-0.2, -0.15) is 0 Å². The van der Waals surface area contributed by atoms with Gasteiger partial charge in [-0.3, -0.25) is 28.7 Å². The molecule has 0 unspecified atom stereocenters. The molecule has 0 amide bonds. The maximum atomic E-state index is 4.66. The Kier molecular flexibility index (Phi) is 13.8. The van der Waals surface area contributed by atoms with Gasteiger partial charge in [0.15, 0.2) is 0 Å². The predicted octanol–water partition coefficient (Wildman–Crippen LogP) is 10.1. The molecule has 6 aromatic heterocycles. The average molecular weight is 849 g/mol. The molecular formula is C50H52N14. The van der Waals surface area contributed by atoms with Crippen molar-refractivity contribution in [1.29, 1.82) is 0 Å². The van der Waals surface area contributed by atoms with Crippen LogP contribution in [0.5, 0.6) is 0 Å². The van der Waals surface area contributed by atoms with Crippen molar-refractivity contribution in [3.8, 4) is 67.3 Å². The van der Waals surface area contributed by atoms with Crippen molar-refractivity contribution in [3.63, 3.8) is 0 Å². The lowest BCUT2D eigenvalue weighted by molar-refractivity contribution is 0.490. The van der Waals surface area contributed by atoms with E-state index in [0.717, 1.165) is 138 Å². The molecule has 64 heavy (non-hydrogen) atoms. The molecule has 6 heterocycles. The van der Waals surface area contributed by atoms with E-state index in [1.807, 2.05) is 67.8 Å². The minimum Gasteiger partial charge on any atom is -0.264 e. The summed E-state index contributed by atoms with van der Waals surface area (Å²) >= 11 is 0. The molecule has 9 aromatic rings.